The van der Waals surface area contributed by atoms with E-state index < -0.39 is 12.1 Å². The Hall–Kier alpha value is -3.76. The molecule has 5 rings (SSSR count). The van der Waals surface area contributed by atoms with Crippen molar-refractivity contribution in [1.82, 2.24) is 20.0 Å². The highest BCUT2D eigenvalue weighted by atomic mass is 16.5. The van der Waals surface area contributed by atoms with Gasteiger partial charge in [-0.2, -0.15) is 0 Å². The first kappa shape index (κ1) is 24.0. The fraction of sp³-hybridized carbons (Fsp3) is 0.385. The number of piperazine rings is 1. The topological polar surface area (TPSA) is 119 Å². The number of nitrogens with zero attached hydrogens (tertiary/aromatic N) is 3. The third-order valence-electron chi connectivity index (χ3n) is 7.06. The molecule has 3 aliphatic rings. The highest BCUT2D eigenvalue weighted by Crippen LogP contribution is 2.34. The first-order chi connectivity index (χ1) is 17.4. The molecule has 3 heterocycles. The SMILES string of the molecule is O=C1CCC(N2Cc3cccc(OC(=O)c4ccc(CN5CCN(C(=O)O)CC5)cc4)c3C2)C(=O)N1. The van der Waals surface area contributed by atoms with Crippen LogP contribution in [-0.2, 0) is 29.2 Å². The van der Waals surface area contributed by atoms with E-state index in [1.807, 2.05) is 29.2 Å². The zero-order chi connectivity index (χ0) is 25.2. The number of nitrogens with one attached hydrogen (secondary N) is 1. The zero-order valence-corrected chi connectivity index (χ0v) is 19.8. The van der Waals surface area contributed by atoms with Crippen molar-refractivity contribution in [3.05, 3.63) is 64.7 Å². The molecule has 188 valence electrons. The number of hydrogen-bond donors (Lipinski definition) is 2. The van der Waals surface area contributed by atoms with Gasteiger partial charge >= 0.3 is 12.1 Å². The van der Waals surface area contributed by atoms with Crippen LogP contribution in [-0.4, -0.2) is 75.9 Å². The predicted octanol–water partition coefficient (Wildman–Crippen LogP) is 1.82. The van der Waals surface area contributed by atoms with Crippen LogP contribution in [0.3, 0.4) is 0 Å². The molecule has 2 fully saturated rings. The van der Waals surface area contributed by atoms with Gasteiger partial charge in [0.05, 0.1) is 11.6 Å². The van der Waals surface area contributed by atoms with Crippen molar-refractivity contribution >= 4 is 23.9 Å². The van der Waals surface area contributed by atoms with Crippen LogP contribution >= 0.6 is 0 Å². The number of imide groups is 1. The van der Waals surface area contributed by atoms with E-state index in [1.165, 1.54) is 4.90 Å². The van der Waals surface area contributed by atoms with Crippen molar-refractivity contribution in [2.75, 3.05) is 26.2 Å². The van der Waals surface area contributed by atoms with Crippen molar-refractivity contribution in [3.63, 3.8) is 0 Å². The van der Waals surface area contributed by atoms with Crippen molar-refractivity contribution in [3.8, 4) is 5.75 Å². The fourth-order valence-electron chi connectivity index (χ4n) is 5.02. The lowest BCUT2D eigenvalue weighted by Crippen LogP contribution is -2.50. The number of rotatable bonds is 5. The number of carbonyl (C=O) groups is 4. The number of benzene rings is 2. The summed E-state index contributed by atoms with van der Waals surface area (Å²) in [6.45, 7) is 4.03. The average molecular weight is 493 g/mol. The third-order valence-corrected chi connectivity index (χ3v) is 7.06. The number of hydrogen-bond acceptors (Lipinski definition) is 7. The number of amides is 3. The van der Waals surface area contributed by atoms with Gasteiger partial charge in [-0.1, -0.05) is 24.3 Å². The molecule has 0 bridgehead atoms. The molecule has 3 aliphatic heterocycles. The Labute approximate surface area is 208 Å². The quantitative estimate of drug-likeness (QED) is 0.369. The van der Waals surface area contributed by atoms with Gasteiger partial charge in [0.15, 0.2) is 0 Å². The molecular weight excluding hydrogens is 464 g/mol. The van der Waals surface area contributed by atoms with Crippen molar-refractivity contribution in [1.29, 1.82) is 0 Å². The molecule has 2 aromatic carbocycles. The van der Waals surface area contributed by atoms with E-state index in [2.05, 4.69) is 10.2 Å². The second-order valence-electron chi connectivity index (χ2n) is 9.40. The largest absolute Gasteiger partial charge is 0.465 e. The van der Waals surface area contributed by atoms with Gasteiger partial charge in [-0.15, -0.1) is 0 Å². The number of fused-ring (bicyclic) bond motifs is 1. The van der Waals surface area contributed by atoms with Crippen LogP contribution in [0.15, 0.2) is 42.5 Å². The number of esters is 1. The Morgan fingerprint density at radius 3 is 2.44 bits per heavy atom. The van der Waals surface area contributed by atoms with Crippen LogP contribution in [0.4, 0.5) is 4.79 Å². The molecule has 2 saturated heterocycles. The Balaban J connectivity index is 1.19. The zero-order valence-electron chi connectivity index (χ0n) is 19.8. The van der Waals surface area contributed by atoms with E-state index in [4.69, 9.17) is 9.84 Å². The minimum absolute atomic E-state index is 0.241. The molecule has 0 saturated carbocycles. The molecule has 0 radical (unpaired) electrons. The van der Waals surface area contributed by atoms with Crippen molar-refractivity contribution < 1.29 is 29.0 Å². The minimum atomic E-state index is -0.884. The Kier molecular flexibility index (Phi) is 6.71. The number of piperidine rings is 1. The second kappa shape index (κ2) is 10.1. The summed E-state index contributed by atoms with van der Waals surface area (Å²) in [5, 5.41) is 11.5. The summed E-state index contributed by atoms with van der Waals surface area (Å²) < 4.78 is 5.76. The van der Waals surface area contributed by atoms with Gasteiger partial charge in [-0.25, -0.2) is 9.59 Å². The molecule has 2 aromatic rings. The van der Waals surface area contributed by atoms with Crippen LogP contribution in [0.25, 0.3) is 0 Å². The molecule has 10 heteroatoms. The maximum absolute atomic E-state index is 12.9. The van der Waals surface area contributed by atoms with Gasteiger partial charge in [0.1, 0.15) is 5.75 Å². The summed E-state index contributed by atoms with van der Waals surface area (Å²) in [7, 11) is 0. The minimum Gasteiger partial charge on any atom is -0.465 e. The first-order valence-electron chi connectivity index (χ1n) is 12.1. The van der Waals surface area contributed by atoms with Crippen LogP contribution in [0, 0.1) is 0 Å². The Bertz CT molecular complexity index is 1190. The van der Waals surface area contributed by atoms with E-state index in [-0.39, 0.29) is 17.9 Å². The summed E-state index contributed by atoms with van der Waals surface area (Å²) in [6, 6.07) is 12.4. The predicted molar refractivity (Wildman–Crippen MR) is 128 cm³/mol. The molecule has 36 heavy (non-hydrogen) atoms. The number of ether oxygens (including phenoxy) is 1. The Morgan fingerprint density at radius 1 is 1.00 bits per heavy atom. The van der Waals surface area contributed by atoms with E-state index in [9.17, 15) is 19.2 Å². The van der Waals surface area contributed by atoms with Gasteiger partial charge in [0.2, 0.25) is 11.8 Å². The van der Waals surface area contributed by atoms with Crippen LogP contribution in [0.1, 0.15) is 39.9 Å². The van der Waals surface area contributed by atoms with E-state index in [0.29, 0.717) is 70.0 Å². The van der Waals surface area contributed by atoms with Crippen LogP contribution in [0.5, 0.6) is 5.75 Å². The summed E-state index contributed by atoms with van der Waals surface area (Å²) in [6.07, 6.45) is -0.0834. The maximum atomic E-state index is 12.9. The number of carbonyl (C=O) groups excluding carboxylic acids is 3. The maximum Gasteiger partial charge on any atom is 0.407 e. The molecule has 2 N–H and O–H groups in total. The summed E-state index contributed by atoms with van der Waals surface area (Å²) >= 11 is 0. The number of carboxylic acid groups (broad SMARTS) is 1. The van der Waals surface area contributed by atoms with Gasteiger partial charge < -0.3 is 14.7 Å². The average Bonchev–Trinajstić information content (AvgIpc) is 3.30. The monoisotopic (exact) mass is 492 g/mol. The van der Waals surface area contributed by atoms with Crippen molar-refractivity contribution in [2.24, 2.45) is 0 Å². The fourth-order valence-corrected chi connectivity index (χ4v) is 5.02. The lowest BCUT2D eigenvalue weighted by molar-refractivity contribution is -0.137. The normalized spacial score (nSPS) is 20.7. The van der Waals surface area contributed by atoms with Gasteiger partial charge in [-0.05, 0) is 35.7 Å². The standard InChI is InChI=1S/C26H28N4O6/c31-23-9-8-21(24(32)27-23)30-15-19-2-1-3-22(20(19)16-30)36-25(33)18-6-4-17(5-7-18)14-28-10-12-29(13-11-28)26(34)35/h1-7,21H,8-16H2,(H,34,35)(H,27,31,32). The van der Waals surface area contributed by atoms with Crippen LogP contribution in [0.2, 0.25) is 0 Å². The van der Waals surface area contributed by atoms with Crippen LogP contribution < -0.4 is 10.1 Å². The first-order valence-corrected chi connectivity index (χ1v) is 12.1. The van der Waals surface area contributed by atoms with E-state index in [0.717, 1.165) is 16.7 Å². The molecule has 3 amide bonds. The van der Waals surface area contributed by atoms with Crippen molar-refractivity contribution in [2.45, 2.75) is 38.5 Å². The lowest BCUT2D eigenvalue weighted by atomic mass is 10.0. The molecule has 0 spiro atoms. The molecule has 10 nitrogen and oxygen atoms in total. The van der Waals surface area contributed by atoms with Gasteiger partial charge in [0.25, 0.3) is 0 Å². The second-order valence-corrected chi connectivity index (χ2v) is 9.40. The Morgan fingerprint density at radius 2 is 1.75 bits per heavy atom. The third kappa shape index (κ3) is 5.09. The molecule has 1 unspecified atom stereocenters. The smallest absolute Gasteiger partial charge is 0.407 e. The molecular formula is C26H28N4O6. The summed E-state index contributed by atoms with van der Waals surface area (Å²) in [4.78, 5) is 53.3. The van der Waals surface area contributed by atoms with E-state index in [1.54, 1.807) is 18.2 Å². The summed E-state index contributed by atoms with van der Waals surface area (Å²) in [5.74, 6) is -0.493. The van der Waals surface area contributed by atoms with E-state index >= 15 is 0 Å². The lowest BCUT2D eigenvalue weighted by Gasteiger charge is -2.33. The molecule has 0 aliphatic carbocycles. The highest BCUT2D eigenvalue weighted by molar-refractivity contribution is 6.00. The molecule has 0 aromatic heterocycles. The highest BCUT2D eigenvalue weighted by Gasteiger charge is 2.36. The van der Waals surface area contributed by atoms with Gasteiger partial charge in [-0.3, -0.25) is 24.7 Å². The molecule has 1 atom stereocenters. The van der Waals surface area contributed by atoms with Gasteiger partial charge in [0, 0.05) is 57.8 Å². The summed E-state index contributed by atoms with van der Waals surface area (Å²) in [5.41, 5.74) is 3.36.